The molecule has 2 heterocycles. The Kier molecular flexibility index (Phi) is 6.51. The first-order valence-electron chi connectivity index (χ1n) is 9.01. The normalized spacial score (nSPS) is 10.4. The van der Waals surface area contributed by atoms with Gasteiger partial charge in [-0.25, -0.2) is 0 Å². The van der Waals surface area contributed by atoms with E-state index in [4.69, 9.17) is 9.26 Å². The molecule has 2 N–H and O–H groups in total. The molecular weight excluding hydrogens is 374 g/mol. The van der Waals surface area contributed by atoms with Crippen molar-refractivity contribution in [2.45, 2.75) is 26.7 Å². The summed E-state index contributed by atoms with van der Waals surface area (Å²) in [5, 5.41) is 3.86. The number of carbonyl (C=O) groups is 2. The molecule has 0 saturated carbocycles. The van der Waals surface area contributed by atoms with Gasteiger partial charge in [-0.3, -0.25) is 25.4 Å². The number of ether oxygens (including phenoxy) is 1. The van der Waals surface area contributed by atoms with Crippen LogP contribution in [0.15, 0.2) is 47.2 Å². The number of pyridine rings is 1. The minimum atomic E-state index is -0.464. The number of hydrogen-bond acceptors (Lipinski definition) is 7. The monoisotopic (exact) mass is 395 g/mol. The molecule has 2 aromatic heterocycles. The largest absolute Gasteiger partial charge is 0.484 e. The van der Waals surface area contributed by atoms with Gasteiger partial charge in [-0.15, -0.1) is 0 Å². The number of hydrazine groups is 1. The summed E-state index contributed by atoms with van der Waals surface area (Å²) in [5.74, 6) is 0.485. The van der Waals surface area contributed by atoms with E-state index < -0.39 is 5.91 Å². The van der Waals surface area contributed by atoms with Crippen LogP contribution in [0.2, 0.25) is 0 Å². The Labute approximate surface area is 167 Å². The van der Waals surface area contributed by atoms with Gasteiger partial charge in [-0.1, -0.05) is 11.2 Å². The van der Waals surface area contributed by atoms with Gasteiger partial charge in [0.05, 0.1) is 0 Å². The van der Waals surface area contributed by atoms with Crippen molar-refractivity contribution in [1.82, 2.24) is 26.0 Å². The van der Waals surface area contributed by atoms with E-state index in [0.717, 1.165) is 16.7 Å². The summed E-state index contributed by atoms with van der Waals surface area (Å²) in [7, 11) is 0. The van der Waals surface area contributed by atoms with Crippen LogP contribution >= 0.6 is 0 Å². The minimum Gasteiger partial charge on any atom is -0.484 e. The number of hydrogen-bond donors (Lipinski definition) is 2. The Morgan fingerprint density at radius 1 is 1.10 bits per heavy atom. The van der Waals surface area contributed by atoms with Crippen molar-refractivity contribution in [2.75, 3.05) is 6.61 Å². The summed E-state index contributed by atoms with van der Waals surface area (Å²) in [4.78, 5) is 31.9. The molecule has 0 bridgehead atoms. The third-order valence-corrected chi connectivity index (χ3v) is 3.86. The van der Waals surface area contributed by atoms with Gasteiger partial charge in [-0.2, -0.15) is 4.98 Å². The van der Waals surface area contributed by atoms with Crippen molar-refractivity contribution in [3.63, 3.8) is 0 Å². The van der Waals surface area contributed by atoms with E-state index >= 15 is 0 Å². The molecule has 0 aliphatic heterocycles. The zero-order valence-corrected chi connectivity index (χ0v) is 16.1. The highest BCUT2D eigenvalue weighted by molar-refractivity contribution is 5.82. The van der Waals surface area contributed by atoms with Crippen LogP contribution in [0.1, 0.15) is 23.4 Å². The van der Waals surface area contributed by atoms with Crippen LogP contribution in [0.5, 0.6) is 5.75 Å². The molecule has 0 atom stereocenters. The van der Waals surface area contributed by atoms with E-state index in [1.807, 2.05) is 38.1 Å². The van der Waals surface area contributed by atoms with Crippen molar-refractivity contribution in [1.29, 1.82) is 0 Å². The van der Waals surface area contributed by atoms with Crippen molar-refractivity contribution >= 4 is 11.8 Å². The molecule has 0 aliphatic rings. The lowest BCUT2D eigenvalue weighted by atomic mass is 10.1. The molecule has 29 heavy (non-hydrogen) atoms. The fraction of sp³-hybridized carbons (Fsp3) is 0.250. The van der Waals surface area contributed by atoms with Crippen LogP contribution in [-0.4, -0.2) is 33.5 Å². The fourth-order valence-electron chi connectivity index (χ4n) is 2.59. The van der Waals surface area contributed by atoms with Crippen molar-refractivity contribution in [2.24, 2.45) is 0 Å². The molecule has 0 spiro atoms. The lowest BCUT2D eigenvalue weighted by molar-refractivity contribution is -0.130. The predicted molar refractivity (Wildman–Crippen MR) is 104 cm³/mol. The van der Waals surface area contributed by atoms with E-state index in [0.29, 0.717) is 17.5 Å². The van der Waals surface area contributed by atoms with Gasteiger partial charge in [0.2, 0.25) is 17.6 Å². The van der Waals surface area contributed by atoms with E-state index in [1.54, 1.807) is 18.5 Å². The zero-order valence-electron chi connectivity index (χ0n) is 16.1. The Hall–Kier alpha value is -3.75. The van der Waals surface area contributed by atoms with Crippen LogP contribution in [0.3, 0.4) is 0 Å². The van der Waals surface area contributed by atoms with Crippen molar-refractivity contribution < 1.29 is 18.8 Å². The SMILES string of the molecule is Cc1cc(C)cc(OCC(=O)NNC(=O)CCc2nc(-c3cccnc3)no2)c1. The number of aromatic nitrogens is 3. The topological polar surface area (TPSA) is 119 Å². The van der Waals surface area contributed by atoms with Crippen LogP contribution in [0.4, 0.5) is 0 Å². The first kappa shape index (κ1) is 20.0. The second-order valence-electron chi connectivity index (χ2n) is 6.46. The van der Waals surface area contributed by atoms with Gasteiger partial charge >= 0.3 is 0 Å². The van der Waals surface area contributed by atoms with Crippen LogP contribution in [-0.2, 0) is 16.0 Å². The number of nitrogens with zero attached hydrogens (tertiary/aromatic N) is 3. The molecule has 0 saturated heterocycles. The third kappa shape index (κ3) is 6.13. The zero-order chi connectivity index (χ0) is 20.6. The van der Waals surface area contributed by atoms with Crippen LogP contribution in [0, 0.1) is 13.8 Å². The van der Waals surface area contributed by atoms with Crippen molar-refractivity contribution in [3.05, 3.63) is 59.7 Å². The Balaban J connectivity index is 1.38. The number of benzene rings is 1. The maximum atomic E-state index is 11.9. The summed E-state index contributed by atoms with van der Waals surface area (Å²) in [6.45, 7) is 3.69. The smallest absolute Gasteiger partial charge is 0.276 e. The summed E-state index contributed by atoms with van der Waals surface area (Å²) in [6, 6.07) is 9.26. The Morgan fingerprint density at radius 3 is 2.59 bits per heavy atom. The molecule has 1 aromatic carbocycles. The number of carbonyl (C=O) groups excluding carboxylic acids is 2. The van der Waals surface area contributed by atoms with E-state index in [-0.39, 0.29) is 25.4 Å². The first-order chi connectivity index (χ1) is 14.0. The average molecular weight is 395 g/mol. The molecule has 0 unspecified atom stereocenters. The Bertz CT molecular complexity index is 967. The molecule has 0 radical (unpaired) electrons. The van der Waals surface area contributed by atoms with Crippen molar-refractivity contribution in [3.8, 4) is 17.1 Å². The van der Waals surface area contributed by atoms with Gasteiger partial charge in [-0.05, 0) is 49.2 Å². The fourth-order valence-corrected chi connectivity index (χ4v) is 2.59. The molecule has 150 valence electrons. The summed E-state index contributed by atoms with van der Waals surface area (Å²) >= 11 is 0. The molecule has 0 fully saturated rings. The maximum Gasteiger partial charge on any atom is 0.276 e. The summed E-state index contributed by atoms with van der Waals surface area (Å²) in [5.41, 5.74) is 7.45. The van der Waals surface area contributed by atoms with Crippen LogP contribution < -0.4 is 15.6 Å². The standard InChI is InChI=1S/C20H21N5O4/c1-13-8-14(2)10-16(9-13)28-12-18(27)24-23-17(26)5-6-19-22-20(25-29-19)15-4-3-7-21-11-15/h3-4,7-11H,5-6,12H2,1-2H3,(H,23,26)(H,24,27). The lowest BCUT2D eigenvalue weighted by Gasteiger charge is -2.09. The maximum absolute atomic E-state index is 11.9. The molecular formula is C20H21N5O4. The number of rotatable bonds is 7. The molecule has 9 heteroatoms. The molecule has 2 amide bonds. The van der Waals surface area contributed by atoms with E-state index in [1.165, 1.54) is 0 Å². The number of aryl methyl sites for hydroxylation is 3. The quantitative estimate of drug-likeness (QED) is 0.587. The minimum absolute atomic E-state index is 0.0763. The van der Waals surface area contributed by atoms with Gasteiger partial charge in [0.1, 0.15) is 5.75 Å². The van der Waals surface area contributed by atoms with E-state index in [9.17, 15) is 9.59 Å². The highest BCUT2D eigenvalue weighted by atomic mass is 16.5. The highest BCUT2D eigenvalue weighted by Gasteiger charge is 2.11. The summed E-state index contributed by atoms with van der Waals surface area (Å²) < 4.78 is 10.6. The summed E-state index contributed by atoms with van der Waals surface area (Å²) in [6.07, 6.45) is 3.59. The number of nitrogens with one attached hydrogen (secondary N) is 2. The van der Waals surface area contributed by atoms with Gasteiger partial charge in [0.15, 0.2) is 6.61 Å². The molecule has 9 nitrogen and oxygen atoms in total. The average Bonchev–Trinajstić information content (AvgIpc) is 3.18. The van der Waals surface area contributed by atoms with Gasteiger partial charge in [0, 0.05) is 30.8 Å². The van der Waals surface area contributed by atoms with Gasteiger partial charge in [0.25, 0.3) is 5.91 Å². The molecule has 3 rings (SSSR count). The van der Waals surface area contributed by atoms with Crippen LogP contribution in [0.25, 0.3) is 11.4 Å². The second-order valence-corrected chi connectivity index (χ2v) is 6.46. The molecule has 3 aromatic rings. The lowest BCUT2D eigenvalue weighted by Crippen LogP contribution is -2.43. The second kappa shape index (κ2) is 9.45. The Morgan fingerprint density at radius 2 is 1.86 bits per heavy atom. The predicted octanol–water partition coefficient (Wildman–Crippen LogP) is 1.91. The highest BCUT2D eigenvalue weighted by Crippen LogP contribution is 2.16. The third-order valence-electron chi connectivity index (χ3n) is 3.86. The molecule has 0 aliphatic carbocycles. The number of amides is 2. The van der Waals surface area contributed by atoms with Gasteiger partial charge < -0.3 is 9.26 Å². The van der Waals surface area contributed by atoms with E-state index in [2.05, 4.69) is 26.0 Å². The first-order valence-corrected chi connectivity index (χ1v) is 9.01.